The van der Waals surface area contributed by atoms with Gasteiger partial charge in [0.1, 0.15) is 0 Å². The highest BCUT2D eigenvalue weighted by Crippen LogP contribution is 2.18. The molecule has 0 rings (SSSR count). The fraction of sp³-hybridized carbons (Fsp3) is 0.769. The number of allylic oxidation sites excluding steroid dienone is 1. The van der Waals surface area contributed by atoms with Crippen LogP contribution in [0, 0.1) is 5.92 Å². The normalized spacial score (nSPS) is 12.4. The summed E-state index contributed by atoms with van der Waals surface area (Å²) in [5.74, 6) is -0.814. The summed E-state index contributed by atoms with van der Waals surface area (Å²) < 4.78 is 0. The zero-order valence-corrected chi connectivity index (χ0v) is 10.1. The Morgan fingerprint density at radius 2 is 1.93 bits per heavy atom. The van der Waals surface area contributed by atoms with Crippen molar-refractivity contribution in [2.45, 2.75) is 58.8 Å². The van der Waals surface area contributed by atoms with Gasteiger partial charge in [0.15, 0.2) is 0 Å². The van der Waals surface area contributed by atoms with Gasteiger partial charge in [-0.3, -0.25) is 4.79 Å². The van der Waals surface area contributed by atoms with E-state index in [2.05, 4.69) is 13.5 Å². The van der Waals surface area contributed by atoms with Crippen molar-refractivity contribution in [2.75, 3.05) is 0 Å². The highest BCUT2D eigenvalue weighted by molar-refractivity contribution is 5.69. The van der Waals surface area contributed by atoms with Gasteiger partial charge in [0.05, 0.1) is 5.92 Å². The Hall–Kier alpha value is -0.790. The second-order valence-electron chi connectivity index (χ2n) is 4.38. The van der Waals surface area contributed by atoms with Gasteiger partial charge in [-0.05, 0) is 26.2 Å². The topological polar surface area (TPSA) is 37.3 Å². The summed E-state index contributed by atoms with van der Waals surface area (Å²) in [4.78, 5) is 10.9. The number of carbonyl (C=O) groups is 1. The van der Waals surface area contributed by atoms with Crippen molar-refractivity contribution < 1.29 is 9.90 Å². The molecule has 0 aromatic carbocycles. The van der Waals surface area contributed by atoms with E-state index in [1.54, 1.807) is 0 Å². The van der Waals surface area contributed by atoms with Gasteiger partial charge in [-0.25, -0.2) is 0 Å². The minimum atomic E-state index is -0.646. The van der Waals surface area contributed by atoms with E-state index in [1.165, 1.54) is 12.8 Å². The van der Waals surface area contributed by atoms with Crippen LogP contribution in [0.4, 0.5) is 0 Å². The zero-order chi connectivity index (χ0) is 11.7. The Labute approximate surface area is 93.4 Å². The van der Waals surface area contributed by atoms with Crippen molar-refractivity contribution in [1.29, 1.82) is 0 Å². The SMILES string of the molecule is C=C(C)CCC(CCCCCC)C(=O)O. The molecule has 2 nitrogen and oxygen atoms in total. The molecule has 1 atom stereocenters. The molecule has 15 heavy (non-hydrogen) atoms. The van der Waals surface area contributed by atoms with E-state index in [0.29, 0.717) is 0 Å². The maximum Gasteiger partial charge on any atom is 0.306 e. The molecule has 1 unspecified atom stereocenters. The average Bonchev–Trinajstić information content (AvgIpc) is 2.15. The third-order valence-electron chi connectivity index (χ3n) is 2.67. The molecule has 0 aliphatic rings. The minimum absolute atomic E-state index is 0.168. The molecule has 88 valence electrons. The quantitative estimate of drug-likeness (QED) is 0.463. The predicted octanol–water partition coefficient (Wildman–Crippen LogP) is 4.01. The largest absolute Gasteiger partial charge is 0.481 e. The summed E-state index contributed by atoms with van der Waals surface area (Å²) in [5, 5.41) is 9.01. The molecule has 0 saturated heterocycles. The fourth-order valence-corrected chi connectivity index (χ4v) is 1.63. The van der Waals surface area contributed by atoms with Crippen LogP contribution in [0.1, 0.15) is 58.8 Å². The summed E-state index contributed by atoms with van der Waals surface area (Å²) in [6.45, 7) is 7.92. The number of rotatable bonds is 9. The minimum Gasteiger partial charge on any atom is -0.481 e. The first kappa shape index (κ1) is 14.2. The number of hydrogen-bond donors (Lipinski definition) is 1. The molecule has 0 aromatic heterocycles. The van der Waals surface area contributed by atoms with E-state index in [1.807, 2.05) is 6.92 Å². The second-order valence-corrected chi connectivity index (χ2v) is 4.38. The Bertz CT molecular complexity index is 197. The van der Waals surface area contributed by atoms with Crippen LogP contribution in [0.5, 0.6) is 0 Å². The lowest BCUT2D eigenvalue weighted by molar-refractivity contribution is -0.142. The second kappa shape index (κ2) is 8.51. The van der Waals surface area contributed by atoms with Crippen molar-refractivity contribution in [1.82, 2.24) is 0 Å². The van der Waals surface area contributed by atoms with Gasteiger partial charge >= 0.3 is 5.97 Å². The molecule has 2 heteroatoms. The molecule has 0 bridgehead atoms. The standard InChI is InChI=1S/C13H24O2/c1-4-5-6-7-8-12(13(14)15)10-9-11(2)3/h12H,2,4-10H2,1,3H3,(H,14,15). The van der Waals surface area contributed by atoms with Gasteiger partial charge < -0.3 is 5.11 Å². The van der Waals surface area contributed by atoms with E-state index in [4.69, 9.17) is 5.11 Å². The molecular weight excluding hydrogens is 188 g/mol. The smallest absolute Gasteiger partial charge is 0.306 e. The summed E-state index contributed by atoms with van der Waals surface area (Å²) in [6.07, 6.45) is 7.02. The van der Waals surface area contributed by atoms with Gasteiger partial charge in [-0.1, -0.05) is 38.2 Å². The van der Waals surface area contributed by atoms with Gasteiger partial charge in [0.2, 0.25) is 0 Å². The Kier molecular flexibility index (Phi) is 8.06. The molecule has 0 aromatic rings. The first-order chi connectivity index (χ1) is 7.07. The maximum atomic E-state index is 10.9. The molecular formula is C13H24O2. The molecule has 0 amide bonds. The summed E-state index contributed by atoms with van der Waals surface area (Å²) in [7, 11) is 0. The molecule has 0 heterocycles. The number of hydrogen-bond acceptors (Lipinski definition) is 1. The zero-order valence-electron chi connectivity index (χ0n) is 10.1. The van der Waals surface area contributed by atoms with Crippen LogP contribution >= 0.6 is 0 Å². The van der Waals surface area contributed by atoms with Gasteiger partial charge in [-0.2, -0.15) is 0 Å². The molecule has 0 spiro atoms. The summed E-state index contributed by atoms with van der Waals surface area (Å²) in [6, 6.07) is 0. The van der Waals surface area contributed by atoms with Crippen molar-refractivity contribution in [3.05, 3.63) is 12.2 Å². The third-order valence-corrected chi connectivity index (χ3v) is 2.67. The highest BCUT2D eigenvalue weighted by Gasteiger charge is 2.16. The van der Waals surface area contributed by atoms with Gasteiger partial charge in [0.25, 0.3) is 0 Å². The van der Waals surface area contributed by atoms with Crippen molar-refractivity contribution in [2.24, 2.45) is 5.92 Å². The molecule has 0 fully saturated rings. The number of carboxylic acids is 1. The van der Waals surface area contributed by atoms with Crippen LogP contribution in [-0.4, -0.2) is 11.1 Å². The van der Waals surface area contributed by atoms with Crippen LogP contribution in [0.15, 0.2) is 12.2 Å². The number of carboxylic acid groups (broad SMARTS) is 1. The summed E-state index contributed by atoms with van der Waals surface area (Å²) >= 11 is 0. The van der Waals surface area contributed by atoms with E-state index in [-0.39, 0.29) is 5.92 Å². The van der Waals surface area contributed by atoms with Crippen LogP contribution in [0.2, 0.25) is 0 Å². The van der Waals surface area contributed by atoms with Crippen LogP contribution < -0.4 is 0 Å². The number of aliphatic carboxylic acids is 1. The highest BCUT2D eigenvalue weighted by atomic mass is 16.4. The van der Waals surface area contributed by atoms with Crippen molar-refractivity contribution in [3.63, 3.8) is 0 Å². The van der Waals surface area contributed by atoms with Crippen molar-refractivity contribution in [3.8, 4) is 0 Å². The molecule has 0 saturated carbocycles. The van der Waals surface area contributed by atoms with Gasteiger partial charge in [-0.15, -0.1) is 6.58 Å². The van der Waals surface area contributed by atoms with E-state index in [9.17, 15) is 4.79 Å². The third kappa shape index (κ3) is 8.22. The first-order valence-corrected chi connectivity index (χ1v) is 5.95. The van der Waals surface area contributed by atoms with E-state index >= 15 is 0 Å². The lowest BCUT2D eigenvalue weighted by atomic mass is 9.94. The molecule has 0 radical (unpaired) electrons. The van der Waals surface area contributed by atoms with E-state index in [0.717, 1.165) is 37.7 Å². The van der Waals surface area contributed by atoms with E-state index < -0.39 is 5.97 Å². The summed E-state index contributed by atoms with van der Waals surface area (Å²) in [5.41, 5.74) is 1.08. The van der Waals surface area contributed by atoms with Crippen LogP contribution in [-0.2, 0) is 4.79 Å². The first-order valence-electron chi connectivity index (χ1n) is 5.95. The van der Waals surface area contributed by atoms with Crippen LogP contribution in [0.25, 0.3) is 0 Å². The maximum absolute atomic E-state index is 10.9. The Morgan fingerprint density at radius 3 is 2.40 bits per heavy atom. The fourth-order valence-electron chi connectivity index (χ4n) is 1.63. The monoisotopic (exact) mass is 212 g/mol. The Balaban J connectivity index is 3.73. The Morgan fingerprint density at radius 1 is 1.27 bits per heavy atom. The van der Waals surface area contributed by atoms with Crippen molar-refractivity contribution >= 4 is 5.97 Å². The lowest BCUT2D eigenvalue weighted by Crippen LogP contribution is -2.13. The molecule has 0 aliphatic heterocycles. The molecule has 1 N–H and O–H groups in total. The number of unbranched alkanes of at least 4 members (excludes halogenated alkanes) is 3. The predicted molar refractivity (Wildman–Crippen MR) is 63.9 cm³/mol. The molecule has 0 aliphatic carbocycles. The van der Waals surface area contributed by atoms with Crippen LogP contribution in [0.3, 0.4) is 0 Å². The lowest BCUT2D eigenvalue weighted by Gasteiger charge is -2.11. The average molecular weight is 212 g/mol. The van der Waals surface area contributed by atoms with Gasteiger partial charge in [0, 0.05) is 0 Å².